The van der Waals surface area contributed by atoms with Gasteiger partial charge in [-0.2, -0.15) is 0 Å². The van der Waals surface area contributed by atoms with E-state index in [0.29, 0.717) is 13.1 Å². The van der Waals surface area contributed by atoms with Crippen LogP contribution in [0.2, 0.25) is 0 Å². The number of phenolic OH excluding ortho intramolecular Hbond substituents is 1. The van der Waals surface area contributed by atoms with Crippen molar-refractivity contribution in [2.75, 3.05) is 18.8 Å². The van der Waals surface area contributed by atoms with Crippen LogP contribution in [-0.2, 0) is 0 Å². The Bertz CT molecular complexity index is 391. The highest BCUT2D eigenvalue weighted by molar-refractivity contribution is 5.98. The zero-order valence-corrected chi connectivity index (χ0v) is 10.4. The van der Waals surface area contributed by atoms with Gasteiger partial charge in [-0.1, -0.05) is 19.4 Å². The van der Waals surface area contributed by atoms with Gasteiger partial charge in [0.25, 0.3) is 5.91 Å². The number of nitrogens with two attached hydrogens (primary N) is 1. The first-order chi connectivity index (χ1) is 8.11. The number of hydrogen-bond donors (Lipinski definition) is 2. The molecular weight excluding hydrogens is 216 g/mol. The number of carbonyl (C=O) groups is 1. The van der Waals surface area contributed by atoms with Crippen LogP contribution in [0.3, 0.4) is 0 Å². The van der Waals surface area contributed by atoms with E-state index in [4.69, 9.17) is 5.73 Å². The molecule has 0 fully saturated rings. The Balaban J connectivity index is 2.90. The van der Waals surface area contributed by atoms with E-state index in [0.717, 1.165) is 12.8 Å². The lowest BCUT2D eigenvalue weighted by Crippen LogP contribution is -2.31. The van der Waals surface area contributed by atoms with Gasteiger partial charge in [0, 0.05) is 13.1 Å². The molecule has 0 aliphatic carbocycles. The average Bonchev–Trinajstić information content (AvgIpc) is 2.33. The highest BCUT2D eigenvalue weighted by Crippen LogP contribution is 2.25. The molecule has 0 aromatic heterocycles. The Morgan fingerprint density at radius 3 is 2.71 bits per heavy atom. The topological polar surface area (TPSA) is 66.6 Å². The van der Waals surface area contributed by atoms with Gasteiger partial charge in [0.15, 0.2) is 5.75 Å². The average molecular weight is 236 g/mol. The van der Waals surface area contributed by atoms with E-state index in [1.165, 1.54) is 0 Å². The van der Waals surface area contributed by atoms with Gasteiger partial charge in [0.1, 0.15) is 0 Å². The van der Waals surface area contributed by atoms with Crippen molar-refractivity contribution < 1.29 is 9.90 Å². The van der Waals surface area contributed by atoms with Crippen LogP contribution < -0.4 is 5.73 Å². The summed E-state index contributed by atoms with van der Waals surface area (Å²) in [6.07, 6.45) is 2.00. The molecule has 1 rings (SSSR count). The number of unbranched alkanes of at least 4 members (excludes halogenated alkanes) is 1. The summed E-state index contributed by atoms with van der Waals surface area (Å²) in [4.78, 5) is 13.9. The Morgan fingerprint density at radius 1 is 1.41 bits per heavy atom. The third-order valence-corrected chi connectivity index (χ3v) is 2.75. The van der Waals surface area contributed by atoms with E-state index in [9.17, 15) is 9.90 Å². The lowest BCUT2D eigenvalue weighted by Gasteiger charge is -2.21. The van der Waals surface area contributed by atoms with Crippen LogP contribution in [0.25, 0.3) is 0 Å². The van der Waals surface area contributed by atoms with Crippen LogP contribution in [-0.4, -0.2) is 29.0 Å². The summed E-state index contributed by atoms with van der Waals surface area (Å²) >= 11 is 0. The summed E-state index contributed by atoms with van der Waals surface area (Å²) in [7, 11) is 0. The summed E-state index contributed by atoms with van der Waals surface area (Å²) in [5.41, 5.74) is 6.10. The van der Waals surface area contributed by atoms with E-state index in [1.54, 1.807) is 23.1 Å². The van der Waals surface area contributed by atoms with Crippen molar-refractivity contribution >= 4 is 11.6 Å². The van der Waals surface area contributed by atoms with Crippen LogP contribution in [0.1, 0.15) is 37.0 Å². The number of aromatic hydroxyl groups is 1. The van der Waals surface area contributed by atoms with E-state index in [-0.39, 0.29) is 22.9 Å². The molecule has 0 spiro atoms. The number of phenols is 1. The molecular formula is C13H20N2O2. The Labute approximate surface area is 102 Å². The van der Waals surface area contributed by atoms with Crippen LogP contribution in [0.15, 0.2) is 18.2 Å². The SMILES string of the molecule is CCCCN(CC)C(=O)c1cccc(N)c1O. The minimum atomic E-state index is -0.161. The molecule has 0 bridgehead atoms. The first kappa shape index (κ1) is 13.4. The molecule has 17 heavy (non-hydrogen) atoms. The number of carbonyl (C=O) groups excluding carboxylic acids is 1. The van der Waals surface area contributed by atoms with Crippen molar-refractivity contribution in [3.05, 3.63) is 23.8 Å². The molecule has 4 heteroatoms. The summed E-state index contributed by atoms with van der Waals surface area (Å²) < 4.78 is 0. The van der Waals surface area contributed by atoms with Crippen molar-refractivity contribution in [1.29, 1.82) is 0 Å². The third-order valence-electron chi connectivity index (χ3n) is 2.75. The summed E-state index contributed by atoms with van der Waals surface area (Å²) in [5, 5.41) is 9.77. The first-order valence-electron chi connectivity index (χ1n) is 5.98. The van der Waals surface area contributed by atoms with E-state index in [1.807, 2.05) is 6.92 Å². The summed E-state index contributed by atoms with van der Waals surface area (Å²) in [6.45, 7) is 5.35. The number of hydrogen-bond acceptors (Lipinski definition) is 3. The van der Waals surface area contributed by atoms with Crippen molar-refractivity contribution in [2.24, 2.45) is 0 Å². The molecule has 1 aromatic carbocycles. The molecule has 1 amide bonds. The molecule has 0 aliphatic heterocycles. The zero-order chi connectivity index (χ0) is 12.8. The van der Waals surface area contributed by atoms with E-state index >= 15 is 0 Å². The molecule has 94 valence electrons. The van der Waals surface area contributed by atoms with E-state index < -0.39 is 0 Å². The minimum Gasteiger partial charge on any atom is -0.505 e. The highest BCUT2D eigenvalue weighted by atomic mass is 16.3. The lowest BCUT2D eigenvalue weighted by atomic mass is 10.1. The fraction of sp³-hybridized carbons (Fsp3) is 0.462. The number of rotatable bonds is 5. The third kappa shape index (κ3) is 3.12. The molecule has 1 aromatic rings. The second-order valence-corrected chi connectivity index (χ2v) is 3.98. The monoisotopic (exact) mass is 236 g/mol. The molecule has 4 nitrogen and oxygen atoms in total. The smallest absolute Gasteiger partial charge is 0.257 e. The number of benzene rings is 1. The number of nitrogens with zero attached hydrogens (tertiary/aromatic N) is 1. The maximum absolute atomic E-state index is 12.2. The van der Waals surface area contributed by atoms with Crippen molar-refractivity contribution in [3.8, 4) is 5.75 Å². The summed E-state index contributed by atoms with van der Waals surface area (Å²) in [6, 6.07) is 4.85. The fourth-order valence-corrected chi connectivity index (χ4v) is 1.66. The zero-order valence-electron chi connectivity index (χ0n) is 10.4. The molecule has 0 saturated carbocycles. The Hall–Kier alpha value is -1.71. The Morgan fingerprint density at radius 2 is 2.12 bits per heavy atom. The first-order valence-corrected chi connectivity index (χ1v) is 5.98. The number of anilines is 1. The Kier molecular flexibility index (Phi) is 4.82. The van der Waals surface area contributed by atoms with Gasteiger partial charge in [0.05, 0.1) is 11.3 Å². The van der Waals surface area contributed by atoms with Crippen LogP contribution in [0.4, 0.5) is 5.69 Å². The number of para-hydroxylation sites is 1. The van der Waals surface area contributed by atoms with Crippen LogP contribution >= 0.6 is 0 Å². The number of nitrogen functional groups attached to an aromatic ring is 1. The normalized spacial score (nSPS) is 10.2. The molecule has 0 heterocycles. The lowest BCUT2D eigenvalue weighted by molar-refractivity contribution is 0.0759. The maximum Gasteiger partial charge on any atom is 0.257 e. The van der Waals surface area contributed by atoms with Gasteiger partial charge in [-0.15, -0.1) is 0 Å². The van der Waals surface area contributed by atoms with Gasteiger partial charge in [-0.3, -0.25) is 4.79 Å². The molecule has 0 aliphatic rings. The van der Waals surface area contributed by atoms with Gasteiger partial charge < -0.3 is 15.7 Å². The van der Waals surface area contributed by atoms with E-state index in [2.05, 4.69) is 6.92 Å². The van der Waals surface area contributed by atoms with Crippen LogP contribution in [0, 0.1) is 0 Å². The predicted molar refractivity (Wildman–Crippen MR) is 69.0 cm³/mol. The molecule has 3 N–H and O–H groups in total. The fourth-order valence-electron chi connectivity index (χ4n) is 1.66. The predicted octanol–water partition coefficient (Wildman–Crippen LogP) is 2.24. The second kappa shape index (κ2) is 6.13. The van der Waals surface area contributed by atoms with Gasteiger partial charge in [-0.25, -0.2) is 0 Å². The number of amides is 1. The van der Waals surface area contributed by atoms with Crippen molar-refractivity contribution in [1.82, 2.24) is 4.90 Å². The molecule has 0 atom stereocenters. The van der Waals surface area contributed by atoms with Gasteiger partial charge in [0.2, 0.25) is 0 Å². The van der Waals surface area contributed by atoms with Crippen molar-refractivity contribution in [2.45, 2.75) is 26.7 Å². The highest BCUT2D eigenvalue weighted by Gasteiger charge is 2.18. The minimum absolute atomic E-state index is 0.118. The quantitative estimate of drug-likeness (QED) is 0.608. The molecule has 0 radical (unpaired) electrons. The molecule has 0 unspecified atom stereocenters. The second-order valence-electron chi connectivity index (χ2n) is 3.98. The van der Waals surface area contributed by atoms with Crippen LogP contribution in [0.5, 0.6) is 5.75 Å². The van der Waals surface area contributed by atoms with Crippen molar-refractivity contribution in [3.63, 3.8) is 0 Å². The standard InChI is InChI=1S/C13H20N2O2/c1-3-5-9-15(4-2)13(17)10-7-6-8-11(14)12(10)16/h6-8,16H,3-5,9,14H2,1-2H3. The summed E-state index contributed by atoms with van der Waals surface area (Å²) in [5.74, 6) is -0.279. The van der Waals surface area contributed by atoms with Gasteiger partial charge in [-0.05, 0) is 25.5 Å². The maximum atomic E-state index is 12.2. The van der Waals surface area contributed by atoms with Gasteiger partial charge >= 0.3 is 0 Å². The molecule has 0 saturated heterocycles. The largest absolute Gasteiger partial charge is 0.505 e.